The van der Waals surface area contributed by atoms with Crippen molar-refractivity contribution >= 4 is 17.0 Å². The number of imidazole rings is 1. The van der Waals surface area contributed by atoms with Gasteiger partial charge in [-0.05, 0) is 37.6 Å². The SMILES string of the molecule is Cc1ccc2c(c1)nc(NC1CCNC1)n2C. The van der Waals surface area contributed by atoms with E-state index in [-0.39, 0.29) is 0 Å². The lowest BCUT2D eigenvalue weighted by atomic mass is 10.2. The molecule has 2 heterocycles. The monoisotopic (exact) mass is 230 g/mol. The first-order valence-electron chi connectivity index (χ1n) is 6.14. The Labute approximate surface area is 101 Å². The molecule has 1 aliphatic heterocycles. The summed E-state index contributed by atoms with van der Waals surface area (Å²) in [5.74, 6) is 0.972. The molecule has 0 amide bonds. The van der Waals surface area contributed by atoms with E-state index in [4.69, 9.17) is 0 Å². The van der Waals surface area contributed by atoms with Gasteiger partial charge in [0.25, 0.3) is 0 Å². The molecule has 1 aromatic carbocycles. The lowest BCUT2D eigenvalue weighted by Crippen LogP contribution is -2.23. The van der Waals surface area contributed by atoms with E-state index in [0.29, 0.717) is 6.04 Å². The van der Waals surface area contributed by atoms with E-state index in [2.05, 4.69) is 52.4 Å². The Hall–Kier alpha value is -1.55. The van der Waals surface area contributed by atoms with Gasteiger partial charge in [-0.25, -0.2) is 4.98 Å². The van der Waals surface area contributed by atoms with Crippen LogP contribution >= 0.6 is 0 Å². The van der Waals surface area contributed by atoms with Gasteiger partial charge in [-0.1, -0.05) is 6.07 Å². The van der Waals surface area contributed by atoms with Gasteiger partial charge in [0.1, 0.15) is 0 Å². The van der Waals surface area contributed by atoms with Crippen LogP contribution in [-0.4, -0.2) is 28.7 Å². The Bertz CT molecular complexity index is 538. The third kappa shape index (κ3) is 1.89. The van der Waals surface area contributed by atoms with Crippen LogP contribution in [0.5, 0.6) is 0 Å². The van der Waals surface area contributed by atoms with Crippen molar-refractivity contribution in [2.24, 2.45) is 7.05 Å². The highest BCUT2D eigenvalue weighted by molar-refractivity contribution is 5.79. The van der Waals surface area contributed by atoms with E-state index < -0.39 is 0 Å². The lowest BCUT2D eigenvalue weighted by molar-refractivity contribution is 0.768. The van der Waals surface area contributed by atoms with Crippen molar-refractivity contribution in [2.75, 3.05) is 18.4 Å². The molecular weight excluding hydrogens is 212 g/mol. The summed E-state index contributed by atoms with van der Waals surface area (Å²) >= 11 is 0. The number of aromatic nitrogens is 2. The van der Waals surface area contributed by atoms with Crippen LogP contribution < -0.4 is 10.6 Å². The van der Waals surface area contributed by atoms with E-state index in [1.807, 2.05) is 0 Å². The van der Waals surface area contributed by atoms with E-state index in [1.54, 1.807) is 0 Å². The van der Waals surface area contributed by atoms with Gasteiger partial charge in [0, 0.05) is 19.6 Å². The molecule has 1 saturated heterocycles. The number of nitrogens with one attached hydrogen (secondary N) is 2. The molecule has 0 spiro atoms. The molecule has 2 aromatic rings. The van der Waals surface area contributed by atoms with Crippen molar-refractivity contribution in [3.63, 3.8) is 0 Å². The van der Waals surface area contributed by atoms with E-state index >= 15 is 0 Å². The number of aryl methyl sites for hydroxylation is 2. The maximum atomic E-state index is 4.66. The summed E-state index contributed by atoms with van der Waals surface area (Å²) in [6.07, 6.45) is 1.17. The fraction of sp³-hybridized carbons (Fsp3) is 0.462. The zero-order valence-corrected chi connectivity index (χ0v) is 10.3. The van der Waals surface area contributed by atoms with E-state index in [0.717, 1.165) is 24.6 Å². The third-order valence-electron chi connectivity index (χ3n) is 3.43. The zero-order valence-electron chi connectivity index (χ0n) is 10.3. The Morgan fingerprint density at radius 3 is 3.12 bits per heavy atom. The first-order valence-corrected chi connectivity index (χ1v) is 6.14. The minimum atomic E-state index is 0.506. The molecule has 0 aliphatic carbocycles. The van der Waals surface area contributed by atoms with E-state index in [9.17, 15) is 0 Å². The number of hydrogen-bond acceptors (Lipinski definition) is 3. The summed E-state index contributed by atoms with van der Waals surface area (Å²) in [7, 11) is 2.06. The number of fused-ring (bicyclic) bond motifs is 1. The second-order valence-electron chi connectivity index (χ2n) is 4.82. The summed E-state index contributed by atoms with van der Waals surface area (Å²) in [5.41, 5.74) is 3.51. The first-order chi connectivity index (χ1) is 8.24. The predicted octanol–water partition coefficient (Wildman–Crippen LogP) is 1.66. The van der Waals surface area contributed by atoms with Crippen molar-refractivity contribution < 1.29 is 0 Å². The number of rotatable bonds is 2. The van der Waals surface area contributed by atoms with Crippen molar-refractivity contribution in [3.05, 3.63) is 23.8 Å². The summed E-state index contributed by atoms with van der Waals surface area (Å²) in [5, 5.41) is 6.86. The summed E-state index contributed by atoms with van der Waals surface area (Å²) in [6.45, 7) is 4.23. The summed E-state index contributed by atoms with van der Waals surface area (Å²) < 4.78 is 2.13. The molecule has 0 saturated carbocycles. The number of anilines is 1. The Morgan fingerprint density at radius 2 is 2.35 bits per heavy atom. The molecular formula is C13H18N4. The third-order valence-corrected chi connectivity index (χ3v) is 3.43. The largest absolute Gasteiger partial charge is 0.352 e. The van der Waals surface area contributed by atoms with Gasteiger partial charge in [0.2, 0.25) is 5.95 Å². The van der Waals surface area contributed by atoms with Gasteiger partial charge in [-0.15, -0.1) is 0 Å². The van der Waals surface area contributed by atoms with Crippen LogP contribution in [0.15, 0.2) is 18.2 Å². The minimum Gasteiger partial charge on any atom is -0.352 e. The Kier molecular flexibility index (Phi) is 2.52. The lowest BCUT2D eigenvalue weighted by Gasteiger charge is -2.11. The highest BCUT2D eigenvalue weighted by atomic mass is 15.2. The van der Waals surface area contributed by atoms with Crippen LogP contribution in [-0.2, 0) is 7.05 Å². The van der Waals surface area contributed by atoms with Crippen LogP contribution in [0, 0.1) is 6.92 Å². The summed E-state index contributed by atoms with van der Waals surface area (Å²) in [6, 6.07) is 6.90. The van der Waals surface area contributed by atoms with Gasteiger partial charge in [0.15, 0.2) is 0 Å². The fourth-order valence-electron chi connectivity index (χ4n) is 2.40. The molecule has 3 rings (SSSR count). The average molecular weight is 230 g/mol. The highest BCUT2D eigenvalue weighted by Gasteiger charge is 2.16. The van der Waals surface area contributed by atoms with Crippen LogP contribution in [0.3, 0.4) is 0 Å². The van der Waals surface area contributed by atoms with Crippen LogP contribution in [0.1, 0.15) is 12.0 Å². The minimum absolute atomic E-state index is 0.506. The fourth-order valence-corrected chi connectivity index (χ4v) is 2.40. The molecule has 90 valence electrons. The molecule has 4 heteroatoms. The van der Waals surface area contributed by atoms with E-state index in [1.165, 1.54) is 17.5 Å². The molecule has 0 bridgehead atoms. The number of nitrogens with zero attached hydrogens (tertiary/aromatic N) is 2. The van der Waals surface area contributed by atoms with Crippen LogP contribution in [0.4, 0.5) is 5.95 Å². The highest BCUT2D eigenvalue weighted by Crippen LogP contribution is 2.20. The van der Waals surface area contributed by atoms with Crippen molar-refractivity contribution in [2.45, 2.75) is 19.4 Å². The van der Waals surface area contributed by atoms with Gasteiger partial charge in [-0.2, -0.15) is 0 Å². The number of hydrogen-bond donors (Lipinski definition) is 2. The van der Waals surface area contributed by atoms with Crippen molar-refractivity contribution in [3.8, 4) is 0 Å². The van der Waals surface area contributed by atoms with Crippen LogP contribution in [0.2, 0.25) is 0 Å². The van der Waals surface area contributed by atoms with Crippen molar-refractivity contribution in [1.29, 1.82) is 0 Å². The quantitative estimate of drug-likeness (QED) is 0.824. The molecule has 1 fully saturated rings. The number of benzene rings is 1. The topological polar surface area (TPSA) is 41.9 Å². The molecule has 17 heavy (non-hydrogen) atoms. The Morgan fingerprint density at radius 1 is 1.47 bits per heavy atom. The van der Waals surface area contributed by atoms with Gasteiger partial charge in [0.05, 0.1) is 11.0 Å². The standard InChI is InChI=1S/C13H18N4/c1-9-3-4-12-11(7-9)16-13(17(12)2)15-10-5-6-14-8-10/h3-4,7,10,14H,5-6,8H2,1-2H3,(H,15,16). The maximum Gasteiger partial charge on any atom is 0.203 e. The molecule has 1 aliphatic rings. The smallest absolute Gasteiger partial charge is 0.203 e. The molecule has 4 nitrogen and oxygen atoms in total. The molecule has 1 unspecified atom stereocenters. The van der Waals surface area contributed by atoms with Crippen LogP contribution in [0.25, 0.3) is 11.0 Å². The summed E-state index contributed by atoms with van der Waals surface area (Å²) in [4.78, 5) is 4.66. The van der Waals surface area contributed by atoms with Gasteiger partial charge >= 0.3 is 0 Å². The molecule has 2 N–H and O–H groups in total. The maximum absolute atomic E-state index is 4.66. The molecule has 0 radical (unpaired) electrons. The predicted molar refractivity (Wildman–Crippen MR) is 70.3 cm³/mol. The normalized spacial score (nSPS) is 20.0. The zero-order chi connectivity index (χ0) is 11.8. The second kappa shape index (κ2) is 4.04. The second-order valence-corrected chi connectivity index (χ2v) is 4.82. The molecule has 1 atom stereocenters. The Balaban J connectivity index is 1.96. The average Bonchev–Trinajstić information content (AvgIpc) is 2.89. The van der Waals surface area contributed by atoms with Crippen molar-refractivity contribution in [1.82, 2.24) is 14.9 Å². The van der Waals surface area contributed by atoms with Gasteiger partial charge < -0.3 is 15.2 Å². The first kappa shape index (κ1) is 10.6. The van der Waals surface area contributed by atoms with Gasteiger partial charge in [-0.3, -0.25) is 0 Å². The molecule has 1 aromatic heterocycles.